The van der Waals surface area contributed by atoms with Crippen molar-refractivity contribution in [3.63, 3.8) is 0 Å². The first-order chi connectivity index (χ1) is 12.1. The highest BCUT2D eigenvalue weighted by Gasteiger charge is 2.48. The Kier molecular flexibility index (Phi) is 4.30. The van der Waals surface area contributed by atoms with Crippen LogP contribution in [0.4, 0.5) is 0 Å². The number of benzene rings is 1. The molecule has 2 atom stereocenters. The van der Waals surface area contributed by atoms with Gasteiger partial charge in [-0.3, -0.25) is 9.59 Å². The molecule has 2 aliphatic heterocycles. The summed E-state index contributed by atoms with van der Waals surface area (Å²) < 4.78 is 0. The molecule has 0 N–H and O–H groups in total. The van der Waals surface area contributed by atoms with Gasteiger partial charge in [0.1, 0.15) is 0 Å². The standard InChI is InChI=1S/C21H28N2O2/c1-16(24)22-12-10-21(11-13-22,19-8-3-2-4-9-19)20(25)23-14-17-6-5-7-18(17)15-23/h2-4,8-9,17-18H,5-7,10-15H2,1H3. The largest absolute Gasteiger partial charge is 0.343 e. The minimum atomic E-state index is -0.453. The van der Waals surface area contributed by atoms with Gasteiger partial charge in [-0.2, -0.15) is 0 Å². The lowest BCUT2D eigenvalue weighted by Gasteiger charge is -2.43. The fraction of sp³-hybridized carbons (Fsp3) is 0.619. The predicted octanol–water partition coefficient (Wildman–Crippen LogP) is 2.83. The minimum Gasteiger partial charge on any atom is -0.343 e. The lowest BCUT2D eigenvalue weighted by molar-refractivity contribution is -0.141. The first-order valence-corrected chi connectivity index (χ1v) is 9.70. The highest BCUT2D eigenvalue weighted by molar-refractivity contribution is 5.89. The molecule has 0 aromatic heterocycles. The maximum Gasteiger partial charge on any atom is 0.233 e. The fourth-order valence-electron chi connectivity index (χ4n) is 5.29. The smallest absolute Gasteiger partial charge is 0.233 e. The number of carbonyl (C=O) groups is 2. The number of hydrogen-bond acceptors (Lipinski definition) is 2. The summed E-state index contributed by atoms with van der Waals surface area (Å²) in [4.78, 5) is 29.4. The molecule has 1 aliphatic carbocycles. The molecular formula is C21H28N2O2. The van der Waals surface area contributed by atoms with Crippen LogP contribution in [-0.2, 0) is 15.0 Å². The van der Waals surface area contributed by atoms with Gasteiger partial charge >= 0.3 is 0 Å². The van der Waals surface area contributed by atoms with Crippen LogP contribution in [-0.4, -0.2) is 47.8 Å². The van der Waals surface area contributed by atoms with E-state index in [-0.39, 0.29) is 5.91 Å². The van der Waals surface area contributed by atoms with E-state index in [2.05, 4.69) is 17.0 Å². The summed E-state index contributed by atoms with van der Waals surface area (Å²) in [6.07, 6.45) is 5.37. The van der Waals surface area contributed by atoms with Gasteiger partial charge in [0, 0.05) is 33.1 Å². The molecule has 0 radical (unpaired) electrons. The first kappa shape index (κ1) is 16.6. The Bertz CT molecular complexity index is 637. The van der Waals surface area contributed by atoms with Crippen LogP contribution in [0.1, 0.15) is 44.6 Å². The molecule has 134 valence electrons. The van der Waals surface area contributed by atoms with Gasteiger partial charge < -0.3 is 9.80 Å². The molecule has 4 nitrogen and oxygen atoms in total. The van der Waals surface area contributed by atoms with Crippen molar-refractivity contribution in [3.8, 4) is 0 Å². The van der Waals surface area contributed by atoms with Crippen molar-refractivity contribution in [2.75, 3.05) is 26.2 Å². The Morgan fingerprint density at radius 1 is 0.960 bits per heavy atom. The maximum atomic E-state index is 13.7. The minimum absolute atomic E-state index is 0.116. The monoisotopic (exact) mass is 340 g/mol. The Morgan fingerprint density at radius 3 is 2.12 bits per heavy atom. The second kappa shape index (κ2) is 6.47. The number of rotatable bonds is 2. The van der Waals surface area contributed by atoms with Crippen LogP contribution in [0.5, 0.6) is 0 Å². The molecule has 2 unspecified atom stereocenters. The highest BCUT2D eigenvalue weighted by atomic mass is 16.2. The van der Waals surface area contributed by atoms with E-state index in [1.807, 2.05) is 23.1 Å². The van der Waals surface area contributed by atoms with Crippen molar-refractivity contribution in [2.24, 2.45) is 11.8 Å². The third kappa shape index (κ3) is 2.86. The van der Waals surface area contributed by atoms with Crippen molar-refractivity contribution in [2.45, 2.75) is 44.4 Å². The van der Waals surface area contributed by atoms with Gasteiger partial charge in [-0.05, 0) is 43.1 Å². The second-order valence-electron chi connectivity index (χ2n) is 8.12. The molecular weight excluding hydrogens is 312 g/mol. The van der Waals surface area contributed by atoms with E-state index < -0.39 is 5.41 Å². The molecule has 1 aromatic carbocycles. The normalized spacial score (nSPS) is 28.0. The fourth-order valence-corrected chi connectivity index (χ4v) is 5.29. The molecule has 3 fully saturated rings. The van der Waals surface area contributed by atoms with Gasteiger partial charge in [-0.25, -0.2) is 0 Å². The van der Waals surface area contributed by atoms with E-state index in [1.165, 1.54) is 19.3 Å². The summed E-state index contributed by atoms with van der Waals surface area (Å²) in [7, 11) is 0. The number of fused-ring (bicyclic) bond motifs is 1. The average Bonchev–Trinajstić information content (AvgIpc) is 3.24. The van der Waals surface area contributed by atoms with Gasteiger partial charge in [-0.15, -0.1) is 0 Å². The molecule has 0 bridgehead atoms. The molecule has 25 heavy (non-hydrogen) atoms. The molecule has 4 rings (SSSR count). The van der Waals surface area contributed by atoms with E-state index in [0.29, 0.717) is 30.8 Å². The van der Waals surface area contributed by atoms with Gasteiger partial charge in [0.15, 0.2) is 0 Å². The molecule has 0 spiro atoms. The van der Waals surface area contributed by atoms with Crippen LogP contribution in [0.25, 0.3) is 0 Å². The number of amides is 2. The van der Waals surface area contributed by atoms with Crippen LogP contribution in [0.15, 0.2) is 30.3 Å². The van der Waals surface area contributed by atoms with Gasteiger partial charge in [0.05, 0.1) is 5.41 Å². The third-order valence-corrected chi connectivity index (χ3v) is 6.81. The van der Waals surface area contributed by atoms with Crippen LogP contribution in [0.3, 0.4) is 0 Å². The average molecular weight is 340 g/mol. The van der Waals surface area contributed by atoms with E-state index in [1.54, 1.807) is 6.92 Å². The zero-order valence-corrected chi connectivity index (χ0v) is 15.1. The summed E-state index contributed by atoms with van der Waals surface area (Å²) in [6.45, 7) is 4.86. The SMILES string of the molecule is CC(=O)N1CCC(C(=O)N2CC3CCCC3C2)(c2ccccc2)CC1. The molecule has 2 saturated heterocycles. The Labute approximate surface area is 150 Å². The summed E-state index contributed by atoms with van der Waals surface area (Å²) in [6, 6.07) is 10.3. The van der Waals surface area contributed by atoms with Gasteiger partial charge in [0.25, 0.3) is 0 Å². The summed E-state index contributed by atoms with van der Waals surface area (Å²) in [5.41, 5.74) is 0.673. The number of hydrogen-bond donors (Lipinski definition) is 0. The molecule has 2 heterocycles. The van der Waals surface area contributed by atoms with E-state index in [0.717, 1.165) is 31.5 Å². The maximum absolute atomic E-state index is 13.7. The van der Waals surface area contributed by atoms with Crippen molar-refractivity contribution < 1.29 is 9.59 Å². The lowest BCUT2D eigenvalue weighted by atomic mass is 9.71. The number of piperidine rings is 1. The predicted molar refractivity (Wildman–Crippen MR) is 97.0 cm³/mol. The van der Waals surface area contributed by atoms with Crippen LogP contribution >= 0.6 is 0 Å². The molecule has 3 aliphatic rings. The van der Waals surface area contributed by atoms with Crippen molar-refractivity contribution in [1.29, 1.82) is 0 Å². The molecule has 2 amide bonds. The summed E-state index contributed by atoms with van der Waals surface area (Å²) in [5, 5.41) is 0. The zero-order valence-electron chi connectivity index (χ0n) is 15.1. The van der Waals surface area contributed by atoms with Gasteiger partial charge in [-0.1, -0.05) is 36.8 Å². The van der Waals surface area contributed by atoms with Gasteiger partial charge in [0.2, 0.25) is 11.8 Å². The van der Waals surface area contributed by atoms with Crippen molar-refractivity contribution in [1.82, 2.24) is 9.80 Å². The topological polar surface area (TPSA) is 40.6 Å². The first-order valence-electron chi connectivity index (χ1n) is 9.70. The lowest BCUT2D eigenvalue weighted by Crippen LogP contribution is -2.53. The van der Waals surface area contributed by atoms with E-state index >= 15 is 0 Å². The quantitative estimate of drug-likeness (QED) is 0.831. The zero-order chi connectivity index (χ0) is 17.4. The van der Waals surface area contributed by atoms with Crippen LogP contribution in [0, 0.1) is 11.8 Å². The Morgan fingerprint density at radius 2 is 1.56 bits per heavy atom. The van der Waals surface area contributed by atoms with Crippen LogP contribution in [0.2, 0.25) is 0 Å². The Hall–Kier alpha value is -1.84. The molecule has 1 saturated carbocycles. The number of carbonyl (C=O) groups excluding carboxylic acids is 2. The molecule has 1 aromatic rings. The van der Waals surface area contributed by atoms with Crippen molar-refractivity contribution in [3.05, 3.63) is 35.9 Å². The van der Waals surface area contributed by atoms with Crippen LogP contribution < -0.4 is 0 Å². The number of likely N-dealkylation sites (tertiary alicyclic amines) is 2. The number of nitrogens with zero attached hydrogens (tertiary/aromatic N) is 2. The Balaban J connectivity index is 1.60. The van der Waals surface area contributed by atoms with E-state index in [4.69, 9.17) is 0 Å². The molecule has 4 heteroatoms. The summed E-state index contributed by atoms with van der Waals surface area (Å²) >= 11 is 0. The highest BCUT2D eigenvalue weighted by Crippen LogP contribution is 2.42. The van der Waals surface area contributed by atoms with E-state index in [9.17, 15) is 9.59 Å². The third-order valence-electron chi connectivity index (χ3n) is 6.81. The summed E-state index contributed by atoms with van der Waals surface area (Å²) in [5.74, 6) is 1.85. The van der Waals surface area contributed by atoms with Crippen molar-refractivity contribution >= 4 is 11.8 Å². The second-order valence-corrected chi connectivity index (χ2v) is 8.12.